The number of carbonyl (C=O) groups excluding carboxylic acids is 1. The van der Waals surface area contributed by atoms with Crippen molar-refractivity contribution in [3.05, 3.63) is 63.7 Å². The van der Waals surface area contributed by atoms with E-state index in [0.29, 0.717) is 6.54 Å². The molecule has 0 spiro atoms. The molecule has 98 valence electrons. The van der Waals surface area contributed by atoms with E-state index in [1.54, 1.807) is 11.8 Å². The van der Waals surface area contributed by atoms with Crippen molar-refractivity contribution in [3.8, 4) is 0 Å². The van der Waals surface area contributed by atoms with Crippen molar-refractivity contribution < 1.29 is 4.79 Å². The molecule has 1 amide bonds. The van der Waals surface area contributed by atoms with Gasteiger partial charge >= 0.3 is 0 Å². The zero-order valence-electron chi connectivity index (χ0n) is 10.3. The average molecular weight is 383 g/mol. The van der Waals surface area contributed by atoms with E-state index in [1.807, 2.05) is 42.5 Å². The van der Waals surface area contributed by atoms with E-state index < -0.39 is 0 Å². The highest BCUT2D eigenvalue weighted by Gasteiger charge is 2.04. The van der Waals surface area contributed by atoms with Crippen molar-refractivity contribution in [2.75, 3.05) is 12.3 Å². The summed E-state index contributed by atoms with van der Waals surface area (Å²) in [6, 6.07) is 17.8. The molecule has 19 heavy (non-hydrogen) atoms. The van der Waals surface area contributed by atoms with Crippen molar-refractivity contribution in [1.82, 2.24) is 5.32 Å². The highest BCUT2D eigenvalue weighted by molar-refractivity contribution is 14.1. The Morgan fingerprint density at radius 1 is 1.11 bits per heavy atom. The molecule has 0 saturated heterocycles. The Morgan fingerprint density at radius 2 is 1.89 bits per heavy atom. The van der Waals surface area contributed by atoms with Gasteiger partial charge in [0.1, 0.15) is 0 Å². The third-order valence-corrected chi connectivity index (χ3v) is 4.17. The summed E-state index contributed by atoms with van der Waals surface area (Å²) in [5.41, 5.74) is 0.719. The number of nitrogens with one attached hydrogen (secondary N) is 1. The Kier molecular flexibility index (Phi) is 5.72. The summed E-state index contributed by atoms with van der Waals surface area (Å²) in [6.45, 7) is 0.671. The molecule has 0 atom stereocenters. The summed E-state index contributed by atoms with van der Waals surface area (Å²) in [5.74, 6) is 0.867. The van der Waals surface area contributed by atoms with Crippen LogP contribution in [0.1, 0.15) is 10.4 Å². The van der Waals surface area contributed by atoms with Crippen molar-refractivity contribution in [3.63, 3.8) is 0 Å². The van der Waals surface area contributed by atoms with Gasteiger partial charge in [-0.05, 0) is 52.9 Å². The maximum absolute atomic E-state index is 11.9. The lowest BCUT2D eigenvalue weighted by Crippen LogP contribution is -2.25. The summed E-state index contributed by atoms with van der Waals surface area (Å²) in [4.78, 5) is 13.1. The van der Waals surface area contributed by atoms with Gasteiger partial charge in [-0.25, -0.2) is 0 Å². The van der Waals surface area contributed by atoms with Crippen molar-refractivity contribution >= 4 is 40.3 Å². The summed E-state index contributed by atoms with van der Waals surface area (Å²) in [5, 5.41) is 2.93. The van der Waals surface area contributed by atoms with Gasteiger partial charge in [0.05, 0.1) is 0 Å². The van der Waals surface area contributed by atoms with Crippen LogP contribution in [0.3, 0.4) is 0 Å². The van der Waals surface area contributed by atoms with Gasteiger partial charge in [-0.3, -0.25) is 4.79 Å². The molecule has 0 aliphatic rings. The number of amides is 1. The predicted octanol–water partition coefficient (Wildman–Crippen LogP) is 3.81. The van der Waals surface area contributed by atoms with Crippen LogP contribution in [0.25, 0.3) is 0 Å². The molecule has 0 aliphatic carbocycles. The zero-order valence-corrected chi connectivity index (χ0v) is 13.3. The van der Waals surface area contributed by atoms with Gasteiger partial charge in [0, 0.05) is 26.3 Å². The van der Waals surface area contributed by atoms with Gasteiger partial charge in [0.15, 0.2) is 0 Å². The van der Waals surface area contributed by atoms with E-state index in [1.165, 1.54) is 4.90 Å². The molecule has 0 heterocycles. The first kappa shape index (κ1) is 14.4. The largest absolute Gasteiger partial charge is 0.351 e. The van der Waals surface area contributed by atoms with Crippen LogP contribution in [0.4, 0.5) is 0 Å². The SMILES string of the molecule is O=C(NCCSc1ccccc1)c1cccc(I)c1. The van der Waals surface area contributed by atoms with Gasteiger partial charge < -0.3 is 5.32 Å². The van der Waals surface area contributed by atoms with Crippen LogP contribution >= 0.6 is 34.4 Å². The van der Waals surface area contributed by atoms with Crippen LogP contribution < -0.4 is 5.32 Å². The topological polar surface area (TPSA) is 29.1 Å². The standard InChI is InChI=1S/C15H14INOS/c16-13-6-4-5-12(11-13)15(18)17-9-10-19-14-7-2-1-3-8-14/h1-8,11H,9-10H2,(H,17,18). The Bertz CT molecular complexity index is 545. The first-order valence-electron chi connectivity index (χ1n) is 5.97. The van der Waals surface area contributed by atoms with Crippen LogP contribution in [-0.4, -0.2) is 18.2 Å². The maximum Gasteiger partial charge on any atom is 0.251 e. The number of hydrogen-bond donors (Lipinski definition) is 1. The van der Waals surface area contributed by atoms with Crippen LogP contribution in [0.2, 0.25) is 0 Å². The average Bonchev–Trinajstić information content (AvgIpc) is 2.44. The summed E-state index contributed by atoms with van der Waals surface area (Å²) in [6.07, 6.45) is 0. The second-order valence-electron chi connectivity index (χ2n) is 3.93. The molecule has 0 aromatic heterocycles. The zero-order chi connectivity index (χ0) is 13.5. The number of carbonyl (C=O) groups is 1. The van der Waals surface area contributed by atoms with E-state index in [4.69, 9.17) is 0 Å². The Hall–Kier alpha value is -1.01. The van der Waals surface area contributed by atoms with E-state index in [9.17, 15) is 4.79 Å². The number of halogens is 1. The fraction of sp³-hybridized carbons (Fsp3) is 0.133. The van der Waals surface area contributed by atoms with Gasteiger partial charge in [0.25, 0.3) is 5.91 Å². The van der Waals surface area contributed by atoms with Crippen molar-refractivity contribution in [2.24, 2.45) is 0 Å². The lowest BCUT2D eigenvalue weighted by molar-refractivity contribution is 0.0956. The van der Waals surface area contributed by atoms with Crippen molar-refractivity contribution in [2.45, 2.75) is 4.90 Å². The second kappa shape index (κ2) is 7.55. The second-order valence-corrected chi connectivity index (χ2v) is 6.34. The fourth-order valence-electron chi connectivity index (χ4n) is 1.58. The minimum Gasteiger partial charge on any atom is -0.351 e. The normalized spacial score (nSPS) is 10.2. The molecule has 0 bridgehead atoms. The highest BCUT2D eigenvalue weighted by atomic mass is 127. The third kappa shape index (κ3) is 4.87. The molecular weight excluding hydrogens is 369 g/mol. The molecule has 4 heteroatoms. The number of thioether (sulfide) groups is 1. The molecule has 2 rings (SSSR count). The molecule has 0 radical (unpaired) electrons. The van der Waals surface area contributed by atoms with Gasteiger partial charge in [0.2, 0.25) is 0 Å². The van der Waals surface area contributed by atoms with E-state index in [2.05, 4.69) is 40.0 Å². The molecule has 2 aromatic rings. The van der Waals surface area contributed by atoms with Crippen LogP contribution in [0.15, 0.2) is 59.5 Å². The van der Waals surface area contributed by atoms with E-state index in [-0.39, 0.29) is 5.91 Å². The lowest BCUT2D eigenvalue weighted by atomic mass is 10.2. The van der Waals surface area contributed by atoms with Gasteiger partial charge in [-0.15, -0.1) is 11.8 Å². The summed E-state index contributed by atoms with van der Waals surface area (Å²) < 4.78 is 1.07. The minimum absolute atomic E-state index is 0.00724. The Balaban J connectivity index is 1.75. The van der Waals surface area contributed by atoms with Crippen LogP contribution in [0, 0.1) is 3.57 Å². The Labute approximate surface area is 131 Å². The number of hydrogen-bond acceptors (Lipinski definition) is 2. The molecule has 0 aliphatic heterocycles. The minimum atomic E-state index is -0.00724. The van der Waals surface area contributed by atoms with Gasteiger partial charge in [-0.1, -0.05) is 24.3 Å². The molecule has 2 aromatic carbocycles. The summed E-state index contributed by atoms with van der Waals surface area (Å²) in [7, 11) is 0. The predicted molar refractivity (Wildman–Crippen MR) is 88.7 cm³/mol. The smallest absolute Gasteiger partial charge is 0.251 e. The molecule has 1 N–H and O–H groups in total. The first-order valence-corrected chi connectivity index (χ1v) is 8.04. The fourth-order valence-corrected chi connectivity index (χ4v) is 2.91. The Morgan fingerprint density at radius 3 is 2.63 bits per heavy atom. The molecule has 0 unspecified atom stereocenters. The van der Waals surface area contributed by atoms with E-state index in [0.717, 1.165) is 14.9 Å². The number of rotatable bonds is 5. The quantitative estimate of drug-likeness (QED) is 0.483. The van der Waals surface area contributed by atoms with Crippen molar-refractivity contribution in [1.29, 1.82) is 0 Å². The highest BCUT2D eigenvalue weighted by Crippen LogP contribution is 2.15. The van der Waals surface area contributed by atoms with E-state index >= 15 is 0 Å². The summed E-state index contributed by atoms with van der Waals surface area (Å²) >= 11 is 3.95. The molecular formula is C15H14INOS. The number of benzene rings is 2. The van der Waals surface area contributed by atoms with Crippen LogP contribution in [0.5, 0.6) is 0 Å². The van der Waals surface area contributed by atoms with Crippen LogP contribution in [-0.2, 0) is 0 Å². The first-order chi connectivity index (χ1) is 9.25. The van der Waals surface area contributed by atoms with Gasteiger partial charge in [-0.2, -0.15) is 0 Å². The molecule has 0 fully saturated rings. The maximum atomic E-state index is 11.9. The molecule has 0 saturated carbocycles. The molecule has 2 nitrogen and oxygen atoms in total. The monoisotopic (exact) mass is 383 g/mol. The third-order valence-electron chi connectivity index (χ3n) is 2.49. The lowest BCUT2D eigenvalue weighted by Gasteiger charge is -2.05.